The van der Waals surface area contributed by atoms with Gasteiger partial charge in [0.25, 0.3) is 0 Å². The van der Waals surface area contributed by atoms with E-state index in [1.807, 2.05) is 36.5 Å². The summed E-state index contributed by atoms with van der Waals surface area (Å²) in [5.74, 6) is 0.0735. The van der Waals surface area contributed by atoms with Gasteiger partial charge in [-0.2, -0.15) is 5.10 Å². The van der Waals surface area contributed by atoms with Crippen LogP contribution in [0.4, 0.5) is 0 Å². The smallest absolute Gasteiger partial charge is 0.335 e. The maximum absolute atomic E-state index is 11.0. The van der Waals surface area contributed by atoms with Crippen LogP contribution < -0.4 is 4.74 Å². The fourth-order valence-corrected chi connectivity index (χ4v) is 4.00. The number of imidazole rings is 1. The van der Waals surface area contributed by atoms with E-state index in [0.29, 0.717) is 12.0 Å². The van der Waals surface area contributed by atoms with Gasteiger partial charge in [-0.3, -0.25) is 0 Å². The monoisotopic (exact) mass is 395 g/mol. The second kappa shape index (κ2) is 7.98. The highest BCUT2D eigenvalue weighted by molar-refractivity contribution is 7.16. The molecule has 3 aromatic rings. The van der Waals surface area contributed by atoms with Crippen molar-refractivity contribution in [3.8, 4) is 17.0 Å². The summed E-state index contributed by atoms with van der Waals surface area (Å²) in [6.07, 6.45) is 10.0. The molecule has 0 bridgehead atoms. The molecule has 7 heteroatoms. The van der Waals surface area contributed by atoms with Crippen molar-refractivity contribution >= 4 is 22.3 Å². The number of nitrogens with zero attached hydrogens (tertiary/aromatic N) is 3. The number of aromatic nitrogens is 3. The predicted molar refractivity (Wildman–Crippen MR) is 109 cm³/mol. The summed E-state index contributed by atoms with van der Waals surface area (Å²) in [5, 5.41) is 14.6. The zero-order valence-electron chi connectivity index (χ0n) is 15.5. The molecule has 1 N–H and O–H groups in total. The minimum atomic E-state index is -0.893. The molecule has 0 radical (unpaired) electrons. The van der Waals surface area contributed by atoms with Crippen molar-refractivity contribution in [1.82, 2.24) is 14.6 Å². The average Bonchev–Trinajstić information content (AvgIpc) is 3.28. The first-order valence-corrected chi connectivity index (χ1v) is 10.2. The number of fused-ring (bicyclic) bond motifs is 1. The molecule has 1 unspecified atom stereocenters. The molecule has 0 saturated carbocycles. The lowest BCUT2D eigenvalue weighted by atomic mass is 9.97. The molecule has 0 saturated heterocycles. The molecule has 144 valence electrons. The van der Waals surface area contributed by atoms with Gasteiger partial charge in [0, 0.05) is 11.5 Å². The zero-order chi connectivity index (χ0) is 19.5. The van der Waals surface area contributed by atoms with Crippen molar-refractivity contribution in [3.05, 3.63) is 59.3 Å². The highest BCUT2D eigenvalue weighted by atomic mass is 32.1. The Morgan fingerprint density at radius 3 is 2.82 bits per heavy atom. The zero-order valence-corrected chi connectivity index (χ0v) is 16.4. The molecular weight excluding hydrogens is 374 g/mol. The lowest BCUT2D eigenvalue weighted by Gasteiger charge is -2.11. The quantitative estimate of drug-likeness (QED) is 0.587. The fourth-order valence-electron chi connectivity index (χ4n) is 3.02. The molecule has 2 aromatic heterocycles. The fraction of sp³-hybridized carbons (Fsp3) is 0.286. The Morgan fingerprint density at radius 2 is 2.18 bits per heavy atom. The number of aliphatic carboxylic acids is 1. The van der Waals surface area contributed by atoms with Gasteiger partial charge in [-0.25, -0.2) is 14.3 Å². The van der Waals surface area contributed by atoms with Crippen LogP contribution in [0.15, 0.2) is 54.3 Å². The first-order chi connectivity index (χ1) is 13.6. The maximum atomic E-state index is 11.0. The first-order valence-electron chi connectivity index (χ1n) is 9.35. The van der Waals surface area contributed by atoms with E-state index in [9.17, 15) is 4.79 Å². The topological polar surface area (TPSA) is 76.7 Å². The number of allylic oxidation sites excluding steroid dienone is 2. The molecule has 2 heterocycles. The van der Waals surface area contributed by atoms with Crippen molar-refractivity contribution in [2.24, 2.45) is 0 Å². The number of carboxylic acids is 1. The van der Waals surface area contributed by atoms with Crippen molar-refractivity contribution in [2.45, 2.75) is 32.1 Å². The summed E-state index contributed by atoms with van der Waals surface area (Å²) >= 11 is 1.53. The Kier molecular flexibility index (Phi) is 5.25. The Balaban J connectivity index is 1.47. The Hall–Kier alpha value is -2.93. The Labute approximate surface area is 166 Å². The van der Waals surface area contributed by atoms with Gasteiger partial charge in [-0.05, 0) is 37.1 Å². The maximum Gasteiger partial charge on any atom is 0.335 e. The van der Waals surface area contributed by atoms with Crippen LogP contribution in [-0.2, 0) is 4.79 Å². The van der Waals surface area contributed by atoms with Gasteiger partial charge in [-0.1, -0.05) is 42.9 Å². The van der Waals surface area contributed by atoms with Gasteiger partial charge >= 0.3 is 5.97 Å². The van der Waals surface area contributed by atoms with Gasteiger partial charge < -0.3 is 9.84 Å². The van der Waals surface area contributed by atoms with E-state index < -0.39 is 5.97 Å². The second-order valence-electron chi connectivity index (χ2n) is 6.69. The SMILES string of the molecule is CCCCOc1ccc(-c2cn3nc(C4C=CC(C(=O)O)=CC4)sc3n2)cc1. The number of unbranched alkanes of at least 4 members (excludes halogenated alkanes) is 1. The van der Waals surface area contributed by atoms with Crippen LogP contribution in [0, 0.1) is 0 Å². The lowest BCUT2D eigenvalue weighted by Crippen LogP contribution is -2.04. The van der Waals surface area contributed by atoms with E-state index in [2.05, 4.69) is 12.0 Å². The van der Waals surface area contributed by atoms with E-state index >= 15 is 0 Å². The molecule has 0 aliphatic heterocycles. The van der Waals surface area contributed by atoms with Crippen LogP contribution in [-0.4, -0.2) is 32.3 Å². The van der Waals surface area contributed by atoms with Crippen molar-refractivity contribution in [2.75, 3.05) is 6.61 Å². The van der Waals surface area contributed by atoms with Gasteiger partial charge in [0.2, 0.25) is 4.96 Å². The van der Waals surface area contributed by atoms with Crippen LogP contribution in [0.5, 0.6) is 5.75 Å². The van der Waals surface area contributed by atoms with Crippen molar-refractivity contribution in [1.29, 1.82) is 0 Å². The largest absolute Gasteiger partial charge is 0.494 e. The molecule has 28 heavy (non-hydrogen) atoms. The molecule has 1 aliphatic rings. The number of carbonyl (C=O) groups is 1. The normalized spacial score (nSPS) is 16.3. The van der Waals surface area contributed by atoms with Crippen molar-refractivity contribution in [3.63, 3.8) is 0 Å². The minimum absolute atomic E-state index is 0.0952. The summed E-state index contributed by atoms with van der Waals surface area (Å²) in [5.41, 5.74) is 2.23. The van der Waals surface area contributed by atoms with E-state index in [4.69, 9.17) is 14.8 Å². The molecule has 1 atom stereocenters. The Bertz CT molecular complexity index is 1020. The van der Waals surface area contributed by atoms with Crippen LogP contribution in [0.1, 0.15) is 37.1 Å². The summed E-state index contributed by atoms with van der Waals surface area (Å²) < 4.78 is 7.50. The molecule has 1 aliphatic carbocycles. The van der Waals surface area contributed by atoms with Crippen LogP contribution in [0.3, 0.4) is 0 Å². The number of rotatable bonds is 7. The molecule has 0 amide bonds. The summed E-state index contributed by atoms with van der Waals surface area (Å²) in [6.45, 7) is 2.88. The van der Waals surface area contributed by atoms with Crippen molar-refractivity contribution < 1.29 is 14.6 Å². The number of hydrogen-bond acceptors (Lipinski definition) is 5. The van der Waals surface area contributed by atoms with E-state index in [-0.39, 0.29) is 5.92 Å². The number of hydrogen-bond donors (Lipinski definition) is 1. The molecule has 0 fully saturated rings. The molecule has 6 nitrogen and oxygen atoms in total. The van der Waals surface area contributed by atoms with E-state index in [1.54, 1.807) is 16.7 Å². The van der Waals surface area contributed by atoms with Crippen LogP contribution in [0.25, 0.3) is 16.2 Å². The number of ether oxygens (including phenoxy) is 1. The standard InChI is InChI=1S/C21H21N3O3S/c1-2-3-12-27-17-10-8-14(9-11-17)18-13-24-21(22-18)28-19(23-24)15-4-6-16(7-5-15)20(25)26/h4,6-11,13,15H,2-3,5,12H2,1H3,(H,25,26). The first kappa shape index (κ1) is 18.4. The predicted octanol–water partition coefficient (Wildman–Crippen LogP) is 4.69. The molecule has 0 spiro atoms. The molecule has 4 rings (SSSR count). The number of benzene rings is 1. The third-order valence-electron chi connectivity index (χ3n) is 4.64. The highest BCUT2D eigenvalue weighted by Crippen LogP contribution is 2.31. The summed E-state index contributed by atoms with van der Waals surface area (Å²) in [6, 6.07) is 7.96. The second-order valence-corrected chi connectivity index (χ2v) is 7.67. The third kappa shape index (κ3) is 3.84. The van der Waals surface area contributed by atoms with Gasteiger partial charge in [0.1, 0.15) is 10.8 Å². The highest BCUT2D eigenvalue weighted by Gasteiger charge is 2.19. The van der Waals surface area contributed by atoms with Gasteiger partial charge in [0.15, 0.2) is 0 Å². The van der Waals surface area contributed by atoms with Crippen LogP contribution in [0.2, 0.25) is 0 Å². The average molecular weight is 395 g/mol. The minimum Gasteiger partial charge on any atom is -0.494 e. The molecular formula is C21H21N3O3S. The summed E-state index contributed by atoms with van der Waals surface area (Å²) in [4.78, 5) is 16.5. The van der Waals surface area contributed by atoms with E-state index in [0.717, 1.165) is 46.4 Å². The third-order valence-corrected chi connectivity index (χ3v) is 5.69. The van der Waals surface area contributed by atoms with Crippen LogP contribution >= 0.6 is 11.3 Å². The lowest BCUT2D eigenvalue weighted by molar-refractivity contribution is -0.132. The van der Waals surface area contributed by atoms with Gasteiger partial charge in [0.05, 0.1) is 24.1 Å². The van der Waals surface area contributed by atoms with Gasteiger partial charge in [-0.15, -0.1) is 0 Å². The molecule has 1 aromatic carbocycles. The number of carboxylic acid groups (broad SMARTS) is 1. The van der Waals surface area contributed by atoms with E-state index in [1.165, 1.54) is 11.3 Å². The Morgan fingerprint density at radius 1 is 1.36 bits per heavy atom. The summed E-state index contributed by atoms with van der Waals surface area (Å²) in [7, 11) is 0.